The molecule has 1 aromatic carbocycles. The minimum absolute atomic E-state index is 0.133. The standard InChI is InChI=1S/C14H21BO2/c1-11(2)12-5-7-13(8-6-12)15-16-9-14(3,4)10-17-15/h5-8,11H,9-10H2,1-4H3. The smallest absolute Gasteiger partial charge is 0.407 e. The van der Waals surface area contributed by atoms with Crippen LogP contribution in [0.4, 0.5) is 0 Å². The second kappa shape index (κ2) is 4.83. The van der Waals surface area contributed by atoms with E-state index in [-0.39, 0.29) is 12.5 Å². The number of rotatable bonds is 2. The fraction of sp³-hybridized carbons (Fsp3) is 0.571. The molecule has 2 nitrogen and oxygen atoms in total. The summed E-state index contributed by atoms with van der Waals surface area (Å²) in [5, 5.41) is 0. The van der Waals surface area contributed by atoms with Crippen LogP contribution in [0.1, 0.15) is 39.2 Å². The molecule has 1 fully saturated rings. The van der Waals surface area contributed by atoms with Gasteiger partial charge in [0.15, 0.2) is 0 Å². The van der Waals surface area contributed by atoms with Crippen molar-refractivity contribution in [2.45, 2.75) is 33.6 Å². The van der Waals surface area contributed by atoms with Crippen LogP contribution in [0.3, 0.4) is 0 Å². The third-order valence-electron chi connectivity index (χ3n) is 3.13. The first-order valence-corrected chi connectivity index (χ1v) is 6.31. The van der Waals surface area contributed by atoms with Gasteiger partial charge in [-0.2, -0.15) is 0 Å². The third kappa shape index (κ3) is 3.11. The molecule has 3 heteroatoms. The molecule has 0 saturated carbocycles. The maximum Gasteiger partial charge on any atom is 0.493 e. The van der Waals surface area contributed by atoms with Gasteiger partial charge in [0.2, 0.25) is 0 Å². The van der Waals surface area contributed by atoms with Crippen molar-refractivity contribution in [3.05, 3.63) is 29.8 Å². The minimum Gasteiger partial charge on any atom is -0.407 e. The van der Waals surface area contributed by atoms with Gasteiger partial charge in [-0.05, 0) is 16.9 Å². The first-order valence-electron chi connectivity index (χ1n) is 6.31. The fourth-order valence-electron chi connectivity index (χ4n) is 1.92. The summed E-state index contributed by atoms with van der Waals surface area (Å²) in [6.45, 7) is 10.2. The van der Waals surface area contributed by atoms with E-state index in [1.165, 1.54) is 5.56 Å². The van der Waals surface area contributed by atoms with Crippen LogP contribution < -0.4 is 5.46 Å². The Morgan fingerprint density at radius 1 is 1.06 bits per heavy atom. The Bertz CT molecular complexity index is 360. The molecule has 1 aliphatic heterocycles. The van der Waals surface area contributed by atoms with Crippen molar-refractivity contribution < 1.29 is 9.31 Å². The Kier molecular flexibility index (Phi) is 3.60. The zero-order chi connectivity index (χ0) is 12.5. The normalized spacial score (nSPS) is 19.7. The van der Waals surface area contributed by atoms with Crippen molar-refractivity contribution in [1.29, 1.82) is 0 Å². The van der Waals surface area contributed by atoms with Crippen molar-refractivity contribution in [3.63, 3.8) is 0 Å². The van der Waals surface area contributed by atoms with Gasteiger partial charge in [0, 0.05) is 18.6 Å². The van der Waals surface area contributed by atoms with E-state index in [9.17, 15) is 0 Å². The SMILES string of the molecule is CC(C)c1ccc(B2OCC(C)(C)CO2)cc1. The van der Waals surface area contributed by atoms with Crippen molar-refractivity contribution in [3.8, 4) is 0 Å². The molecular formula is C14H21BO2. The van der Waals surface area contributed by atoms with Crippen LogP contribution in [0.15, 0.2) is 24.3 Å². The van der Waals surface area contributed by atoms with Crippen LogP contribution in [0.5, 0.6) is 0 Å². The highest BCUT2D eigenvalue weighted by Crippen LogP contribution is 2.21. The van der Waals surface area contributed by atoms with Crippen molar-refractivity contribution in [2.75, 3.05) is 13.2 Å². The molecule has 1 saturated heterocycles. The molecule has 0 N–H and O–H groups in total. The zero-order valence-corrected chi connectivity index (χ0v) is 11.2. The molecule has 0 aromatic heterocycles. The van der Waals surface area contributed by atoms with Gasteiger partial charge < -0.3 is 9.31 Å². The third-order valence-corrected chi connectivity index (χ3v) is 3.13. The van der Waals surface area contributed by atoms with Crippen LogP contribution in [0.2, 0.25) is 0 Å². The summed E-state index contributed by atoms with van der Waals surface area (Å²) in [6.07, 6.45) is 0. The molecule has 1 aromatic rings. The molecular weight excluding hydrogens is 211 g/mol. The van der Waals surface area contributed by atoms with Gasteiger partial charge in [0.05, 0.1) is 0 Å². The Morgan fingerprint density at radius 2 is 1.59 bits per heavy atom. The highest BCUT2D eigenvalue weighted by molar-refractivity contribution is 6.61. The van der Waals surface area contributed by atoms with Crippen molar-refractivity contribution in [1.82, 2.24) is 0 Å². The highest BCUT2D eigenvalue weighted by Gasteiger charge is 2.33. The Morgan fingerprint density at radius 3 is 2.06 bits per heavy atom. The summed E-state index contributed by atoms with van der Waals surface area (Å²) in [5.74, 6) is 0.566. The second-order valence-electron chi connectivity index (χ2n) is 5.94. The maximum atomic E-state index is 5.76. The highest BCUT2D eigenvalue weighted by atomic mass is 16.6. The first-order chi connectivity index (χ1) is 7.98. The molecule has 0 unspecified atom stereocenters. The summed E-state index contributed by atoms with van der Waals surface area (Å²) in [6, 6.07) is 8.54. The lowest BCUT2D eigenvalue weighted by atomic mass is 9.75. The van der Waals surface area contributed by atoms with E-state index in [1.807, 2.05) is 0 Å². The van der Waals surface area contributed by atoms with Crippen LogP contribution in [0, 0.1) is 5.41 Å². The van der Waals surface area contributed by atoms with E-state index in [1.54, 1.807) is 0 Å². The number of benzene rings is 1. The van der Waals surface area contributed by atoms with Gasteiger partial charge in [-0.1, -0.05) is 52.0 Å². The molecule has 0 spiro atoms. The largest absolute Gasteiger partial charge is 0.493 e. The van der Waals surface area contributed by atoms with Gasteiger partial charge in [0.1, 0.15) is 0 Å². The molecule has 1 heterocycles. The molecule has 0 radical (unpaired) electrons. The zero-order valence-electron chi connectivity index (χ0n) is 11.2. The van der Waals surface area contributed by atoms with Gasteiger partial charge in [-0.25, -0.2) is 0 Å². The van der Waals surface area contributed by atoms with E-state index in [4.69, 9.17) is 9.31 Å². The van der Waals surface area contributed by atoms with Crippen LogP contribution in [-0.4, -0.2) is 20.3 Å². The molecule has 92 valence electrons. The lowest BCUT2D eigenvalue weighted by Crippen LogP contribution is -2.47. The second-order valence-corrected chi connectivity index (χ2v) is 5.94. The monoisotopic (exact) mass is 232 g/mol. The van der Waals surface area contributed by atoms with E-state index < -0.39 is 0 Å². The van der Waals surface area contributed by atoms with Gasteiger partial charge >= 0.3 is 7.12 Å². The average Bonchev–Trinajstić information content (AvgIpc) is 2.29. The number of hydrogen-bond donors (Lipinski definition) is 0. The Balaban J connectivity index is 2.04. The van der Waals surface area contributed by atoms with Crippen LogP contribution >= 0.6 is 0 Å². The minimum atomic E-state index is -0.191. The number of hydrogen-bond acceptors (Lipinski definition) is 2. The molecule has 2 rings (SSSR count). The average molecular weight is 232 g/mol. The molecule has 0 aliphatic carbocycles. The summed E-state index contributed by atoms with van der Waals surface area (Å²) in [5.41, 5.74) is 2.60. The molecule has 1 aliphatic rings. The Labute approximate surface area is 104 Å². The van der Waals surface area contributed by atoms with Gasteiger partial charge in [-0.3, -0.25) is 0 Å². The van der Waals surface area contributed by atoms with Crippen molar-refractivity contribution in [2.24, 2.45) is 5.41 Å². The quantitative estimate of drug-likeness (QED) is 0.729. The van der Waals surface area contributed by atoms with Gasteiger partial charge in [0.25, 0.3) is 0 Å². The summed E-state index contributed by atoms with van der Waals surface area (Å²) >= 11 is 0. The van der Waals surface area contributed by atoms with E-state index in [0.29, 0.717) is 5.92 Å². The predicted molar refractivity (Wildman–Crippen MR) is 71.6 cm³/mol. The Hall–Kier alpha value is -0.795. The van der Waals surface area contributed by atoms with E-state index in [2.05, 4.69) is 52.0 Å². The fourth-order valence-corrected chi connectivity index (χ4v) is 1.92. The molecule has 17 heavy (non-hydrogen) atoms. The van der Waals surface area contributed by atoms with Gasteiger partial charge in [-0.15, -0.1) is 0 Å². The molecule has 0 atom stereocenters. The van der Waals surface area contributed by atoms with E-state index in [0.717, 1.165) is 18.7 Å². The van der Waals surface area contributed by atoms with Crippen LogP contribution in [0.25, 0.3) is 0 Å². The molecule has 0 bridgehead atoms. The first kappa shape index (κ1) is 12.7. The lowest BCUT2D eigenvalue weighted by molar-refractivity contribution is 0.0343. The predicted octanol–water partition coefficient (Wildman–Crippen LogP) is 2.58. The maximum absolute atomic E-state index is 5.76. The summed E-state index contributed by atoms with van der Waals surface area (Å²) < 4.78 is 11.5. The lowest BCUT2D eigenvalue weighted by Gasteiger charge is -2.33. The van der Waals surface area contributed by atoms with Crippen LogP contribution in [-0.2, 0) is 9.31 Å². The summed E-state index contributed by atoms with van der Waals surface area (Å²) in [7, 11) is -0.191. The summed E-state index contributed by atoms with van der Waals surface area (Å²) in [4.78, 5) is 0. The molecule has 0 amide bonds. The van der Waals surface area contributed by atoms with E-state index >= 15 is 0 Å². The van der Waals surface area contributed by atoms with Crippen molar-refractivity contribution >= 4 is 12.6 Å². The topological polar surface area (TPSA) is 18.5 Å².